The molecule has 0 saturated carbocycles. The summed E-state index contributed by atoms with van der Waals surface area (Å²) < 4.78 is 4.76. The fourth-order valence-corrected chi connectivity index (χ4v) is 1.02. The number of ether oxygens (including phenoxy) is 1. The van der Waals surface area contributed by atoms with E-state index in [1.54, 1.807) is 6.92 Å². The zero-order valence-corrected chi connectivity index (χ0v) is 10.4. The number of esters is 1. The molecule has 0 saturated heterocycles. The van der Waals surface area contributed by atoms with Crippen LogP contribution < -0.4 is 5.32 Å². The first-order valence-corrected chi connectivity index (χ1v) is 5.30. The maximum absolute atomic E-state index is 11.1. The third-order valence-corrected chi connectivity index (χ3v) is 1.64. The van der Waals surface area contributed by atoms with Crippen molar-refractivity contribution in [3.8, 4) is 0 Å². The summed E-state index contributed by atoms with van der Waals surface area (Å²) >= 11 is 0. The summed E-state index contributed by atoms with van der Waals surface area (Å²) in [5, 5.41) is 2.75. The Morgan fingerprint density at radius 1 is 1.27 bits per heavy atom. The monoisotopic (exact) mass is 217 g/mol. The summed E-state index contributed by atoms with van der Waals surface area (Å²) in [7, 11) is 3.75. The second-order valence-electron chi connectivity index (χ2n) is 3.20. The van der Waals surface area contributed by atoms with Crippen LogP contribution in [0.25, 0.3) is 0 Å². The van der Waals surface area contributed by atoms with E-state index in [9.17, 15) is 9.59 Å². The number of Topliss-reactive ketones (excluding diaryl/α,β-unsaturated/α-hetero) is 1. The molecule has 1 unspecified atom stereocenters. The largest absolute Gasteiger partial charge is 0.465 e. The predicted molar refractivity (Wildman–Crippen MR) is 60.7 cm³/mol. The highest BCUT2D eigenvalue weighted by Crippen LogP contribution is 2.09. The minimum atomic E-state index is -0.546. The van der Waals surface area contributed by atoms with Crippen LogP contribution in [0, 0.1) is 5.92 Å². The van der Waals surface area contributed by atoms with E-state index in [4.69, 9.17) is 4.74 Å². The molecule has 0 aliphatic rings. The highest BCUT2D eigenvalue weighted by Gasteiger charge is 2.22. The molecule has 0 aliphatic carbocycles. The van der Waals surface area contributed by atoms with Crippen LogP contribution in [0.3, 0.4) is 0 Å². The van der Waals surface area contributed by atoms with Crippen molar-refractivity contribution < 1.29 is 14.3 Å². The topological polar surface area (TPSA) is 55.4 Å². The van der Waals surface area contributed by atoms with E-state index in [-0.39, 0.29) is 11.8 Å². The van der Waals surface area contributed by atoms with E-state index in [1.165, 1.54) is 6.92 Å². The van der Waals surface area contributed by atoms with Crippen molar-refractivity contribution in [1.29, 1.82) is 0 Å². The van der Waals surface area contributed by atoms with Gasteiger partial charge in [-0.2, -0.15) is 0 Å². The molecule has 4 heteroatoms. The lowest BCUT2D eigenvalue weighted by molar-refractivity contribution is -0.151. The van der Waals surface area contributed by atoms with Gasteiger partial charge in [-0.05, 0) is 34.4 Å². The number of ketones is 1. The van der Waals surface area contributed by atoms with Gasteiger partial charge in [0.15, 0.2) is 0 Å². The van der Waals surface area contributed by atoms with Crippen molar-refractivity contribution in [2.45, 2.75) is 33.6 Å². The first kappa shape index (κ1) is 16.5. The molecule has 0 aromatic carbocycles. The Hall–Kier alpha value is -0.900. The van der Waals surface area contributed by atoms with Crippen molar-refractivity contribution >= 4 is 11.8 Å². The van der Waals surface area contributed by atoms with E-state index < -0.39 is 5.92 Å². The zero-order chi connectivity index (χ0) is 12.3. The van der Waals surface area contributed by atoms with Gasteiger partial charge in [0.25, 0.3) is 0 Å². The normalized spacial score (nSPS) is 11.0. The Kier molecular flexibility index (Phi) is 12.3. The molecule has 0 fully saturated rings. The first-order valence-electron chi connectivity index (χ1n) is 5.30. The quantitative estimate of drug-likeness (QED) is 0.558. The maximum atomic E-state index is 11.1. The zero-order valence-electron chi connectivity index (χ0n) is 10.4. The van der Waals surface area contributed by atoms with Crippen molar-refractivity contribution in [3.05, 3.63) is 0 Å². The molecule has 0 heterocycles. The van der Waals surface area contributed by atoms with Crippen LogP contribution in [0.2, 0.25) is 0 Å². The van der Waals surface area contributed by atoms with Crippen molar-refractivity contribution in [2.75, 3.05) is 20.7 Å². The van der Waals surface area contributed by atoms with Crippen molar-refractivity contribution in [1.82, 2.24) is 5.32 Å². The van der Waals surface area contributed by atoms with Crippen molar-refractivity contribution in [3.63, 3.8) is 0 Å². The average molecular weight is 217 g/mol. The van der Waals surface area contributed by atoms with Crippen LogP contribution in [0.5, 0.6) is 0 Å². The third-order valence-electron chi connectivity index (χ3n) is 1.64. The third kappa shape index (κ3) is 9.41. The van der Waals surface area contributed by atoms with E-state index in [0.29, 0.717) is 13.0 Å². The summed E-state index contributed by atoms with van der Waals surface area (Å²) in [5.74, 6) is -1.03. The van der Waals surface area contributed by atoms with Gasteiger partial charge < -0.3 is 10.1 Å². The molecule has 0 spiro atoms. The molecule has 0 aromatic rings. The molecular weight excluding hydrogens is 194 g/mol. The molecule has 0 radical (unpaired) electrons. The summed E-state index contributed by atoms with van der Waals surface area (Å²) in [6, 6.07) is 0. The number of carbonyl (C=O) groups is 2. The second-order valence-corrected chi connectivity index (χ2v) is 3.20. The predicted octanol–water partition coefficient (Wildman–Crippen LogP) is 1.39. The molecule has 0 aromatic heterocycles. The molecule has 15 heavy (non-hydrogen) atoms. The Labute approximate surface area is 92.4 Å². The van der Waals surface area contributed by atoms with Crippen LogP contribution in [0.1, 0.15) is 33.6 Å². The van der Waals surface area contributed by atoms with Crippen LogP contribution >= 0.6 is 0 Å². The second kappa shape index (κ2) is 11.2. The van der Waals surface area contributed by atoms with Crippen molar-refractivity contribution in [2.24, 2.45) is 5.92 Å². The Morgan fingerprint density at radius 2 is 1.73 bits per heavy atom. The molecule has 90 valence electrons. The minimum Gasteiger partial charge on any atom is -0.465 e. The molecule has 1 atom stereocenters. The Balaban J connectivity index is 0. The van der Waals surface area contributed by atoms with Gasteiger partial charge in [0.2, 0.25) is 0 Å². The maximum Gasteiger partial charge on any atom is 0.316 e. The van der Waals surface area contributed by atoms with Crippen LogP contribution in [-0.2, 0) is 14.3 Å². The fraction of sp³-hybridized carbons (Fsp3) is 0.818. The van der Waals surface area contributed by atoms with Gasteiger partial charge in [-0.25, -0.2) is 0 Å². The highest BCUT2D eigenvalue weighted by atomic mass is 16.5. The molecule has 0 aliphatic heterocycles. The standard InChI is InChI=1S/C9H16O3.C2H7N/c1-4-6-8(7(3)10)9(11)12-5-2;1-3-2/h8H,4-6H2,1-3H3;3H,1-2H3. The van der Waals surface area contributed by atoms with Crippen LogP contribution in [0.4, 0.5) is 0 Å². The number of hydrogen-bond acceptors (Lipinski definition) is 4. The lowest BCUT2D eigenvalue weighted by Crippen LogP contribution is -2.24. The Bertz CT molecular complexity index is 181. The number of hydrogen-bond donors (Lipinski definition) is 1. The van der Waals surface area contributed by atoms with Gasteiger partial charge in [0.05, 0.1) is 6.61 Å². The van der Waals surface area contributed by atoms with Gasteiger partial charge in [-0.3, -0.25) is 9.59 Å². The molecule has 4 nitrogen and oxygen atoms in total. The summed E-state index contributed by atoms with van der Waals surface area (Å²) in [4.78, 5) is 22.1. The van der Waals surface area contributed by atoms with Gasteiger partial charge in [0, 0.05) is 0 Å². The van der Waals surface area contributed by atoms with Crippen LogP contribution in [-0.4, -0.2) is 32.5 Å². The fourth-order valence-electron chi connectivity index (χ4n) is 1.02. The first-order chi connectivity index (χ1) is 7.04. The lowest BCUT2D eigenvalue weighted by atomic mass is 10.00. The summed E-state index contributed by atoms with van der Waals surface area (Å²) in [5.41, 5.74) is 0. The minimum absolute atomic E-state index is 0.102. The summed E-state index contributed by atoms with van der Waals surface area (Å²) in [6.45, 7) is 5.44. The SMILES string of the molecule is CCCC(C(C)=O)C(=O)OCC.CNC. The molecule has 0 bridgehead atoms. The smallest absolute Gasteiger partial charge is 0.316 e. The molecule has 0 rings (SSSR count). The number of rotatable bonds is 5. The molecule has 1 N–H and O–H groups in total. The average Bonchev–Trinajstić information content (AvgIpc) is 2.15. The van der Waals surface area contributed by atoms with Crippen LogP contribution in [0.15, 0.2) is 0 Å². The molecule has 0 amide bonds. The van der Waals surface area contributed by atoms with E-state index in [1.807, 2.05) is 21.0 Å². The van der Waals surface area contributed by atoms with Gasteiger partial charge in [-0.1, -0.05) is 13.3 Å². The highest BCUT2D eigenvalue weighted by molar-refractivity contribution is 5.97. The Morgan fingerprint density at radius 3 is 2.00 bits per heavy atom. The van der Waals surface area contributed by atoms with E-state index in [2.05, 4.69) is 5.32 Å². The van der Waals surface area contributed by atoms with Gasteiger partial charge in [0.1, 0.15) is 11.7 Å². The number of nitrogens with one attached hydrogen (secondary N) is 1. The van der Waals surface area contributed by atoms with E-state index >= 15 is 0 Å². The summed E-state index contributed by atoms with van der Waals surface area (Å²) in [6.07, 6.45) is 1.41. The molecular formula is C11H23NO3. The van der Waals surface area contributed by atoms with Gasteiger partial charge >= 0.3 is 5.97 Å². The van der Waals surface area contributed by atoms with E-state index in [0.717, 1.165) is 6.42 Å². The number of carbonyl (C=O) groups excluding carboxylic acids is 2. The lowest BCUT2D eigenvalue weighted by Gasteiger charge is -2.10. The van der Waals surface area contributed by atoms with Gasteiger partial charge in [-0.15, -0.1) is 0 Å².